The van der Waals surface area contributed by atoms with E-state index in [4.69, 9.17) is 10.5 Å². The first-order valence-corrected chi connectivity index (χ1v) is 7.35. The molecule has 0 bridgehead atoms. The minimum Gasteiger partial charge on any atom is -0.483 e. The maximum Gasteiger partial charge on any atom is 0.277 e. The van der Waals surface area contributed by atoms with Crippen LogP contribution in [0, 0.1) is 13.8 Å². The number of amides is 1. The van der Waals surface area contributed by atoms with Gasteiger partial charge in [-0.1, -0.05) is 30.3 Å². The summed E-state index contributed by atoms with van der Waals surface area (Å²) in [6.45, 7) is 5.63. The van der Waals surface area contributed by atoms with Crippen LogP contribution in [-0.2, 0) is 4.79 Å². The van der Waals surface area contributed by atoms with E-state index in [1.807, 2.05) is 51.1 Å². The number of nitrogens with one attached hydrogen (secondary N) is 1. The van der Waals surface area contributed by atoms with Crippen LogP contribution in [0.2, 0.25) is 0 Å². The Morgan fingerprint density at radius 1 is 1.13 bits per heavy atom. The zero-order valence-electron chi connectivity index (χ0n) is 13.6. The van der Waals surface area contributed by atoms with Gasteiger partial charge in [-0.25, -0.2) is 5.43 Å². The lowest BCUT2D eigenvalue weighted by atomic mass is 10.1. The van der Waals surface area contributed by atoms with Gasteiger partial charge in [-0.05, 0) is 49.6 Å². The van der Waals surface area contributed by atoms with Crippen LogP contribution < -0.4 is 15.9 Å². The standard InChI is InChI=1S/C18H21N3O2/c1-12-5-4-6-13(2)18(12)23-11-17(22)21-20-14(3)15-7-9-16(19)10-8-15/h4-10H,11,19H2,1-3H3,(H,21,22). The van der Waals surface area contributed by atoms with Crippen LogP contribution in [0.25, 0.3) is 0 Å². The lowest BCUT2D eigenvalue weighted by Gasteiger charge is -2.11. The Balaban J connectivity index is 1.92. The number of hydrogen-bond donors (Lipinski definition) is 2. The number of nitrogens with zero attached hydrogens (tertiary/aromatic N) is 1. The van der Waals surface area contributed by atoms with Gasteiger partial charge in [0, 0.05) is 5.69 Å². The Morgan fingerprint density at radius 3 is 2.35 bits per heavy atom. The number of hydrogen-bond acceptors (Lipinski definition) is 4. The van der Waals surface area contributed by atoms with Crippen LogP contribution in [0.3, 0.4) is 0 Å². The van der Waals surface area contributed by atoms with Crippen molar-refractivity contribution in [3.63, 3.8) is 0 Å². The van der Waals surface area contributed by atoms with Crippen molar-refractivity contribution in [1.29, 1.82) is 0 Å². The molecule has 0 aromatic heterocycles. The lowest BCUT2D eigenvalue weighted by Crippen LogP contribution is -2.26. The number of ether oxygens (including phenoxy) is 1. The highest BCUT2D eigenvalue weighted by Crippen LogP contribution is 2.21. The molecule has 5 heteroatoms. The molecule has 0 unspecified atom stereocenters. The highest BCUT2D eigenvalue weighted by atomic mass is 16.5. The van der Waals surface area contributed by atoms with Gasteiger partial charge in [-0.2, -0.15) is 5.10 Å². The minimum absolute atomic E-state index is 0.0792. The Labute approximate surface area is 136 Å². The second kappa shape index (κ2) is 7.45. The lowest BCUT2D eigenvalue weighted by molar-refractivity contribution is -0.123. The number of aryl methyl sites for hydroxylation is 2. The Hall–Kier alpha value is -2.82. The van der Waals surface area contributed by atoms with Gasteiger partial charge in [0.25, 0.3) is 5.91 Å². The summed E-state index contributed by atoms with van der Waals surface area (Å²) in [4.78, 5) is 11.9. The van der Waals surface area contributed by atoms with Crippen LogP contribution >= 0.6 is 0 Å². The molecular formula is C18H21N3O2. The van der Waals surface area contributed by atoms with E-state index in [-0.39, 0.29) is 12.5 Å². The highest BCUT2D eigenvalue weighted by Gasteiger charge is 2.07. The van der Waals surface area contributed by atoms with E-state index in [0.717, 1.165) is 22.4 Å². The Kier molecular flexibility index (Phi) is 5.36. The number of nitrogens with two attached hydrogens (primary N) is 1. The molecule has 0 aliphatic heterocycles. The molecule has 3 N–H and O–H groups in total. The fourth-order valence-corrected chi connectivity index (χ4v) is 2.13. The maximum absolute atomic E-state index is 11.9. The maximum atomic E-state index is 11.9. The summed E-state index contributed by atoms with van der Waals surface area (Å²) in [6.07, 6.45) is 0. The van der Waals surface area contributed by atoms with E-state index in [9.17, 15) is 4.79 Å². The number of para-hydroxylation sites is 1. The van der Waals surface area contributed by atoms with Crippen molar-refractivity contribution in [3.8, 4) is 5.75 Å². The summed E-state index contributed by atoms with van der Waals surface area (Å²) in [7, 11) is 0. The van der Waals surface area contributed by atoms with Crippen molar-refractivity contribution in [1.82, 2.24) is 5.43 Å². The van der Waals surface area contributed by atoms with Gasteiger partial charge < -0.3 is 10.5 Å². The zero-order chi connectivity index (χ0) is 16.8. The van der Waals surface area contributed by atoms with E-state index in [1.165, 1.54) is 0 Å². The molecule has 0 aliphatic rings. The summed E-state index contributed by atoms with van der Waals surface area (Å²) >= 11 is 0. The third-order valence-corrected chi connectivity index (χ3v) is 3.43. The fourth-order valence-electron chi connectivity index (χ4n) is 2.13. The number of benzene rings is 2. The summed E-state index contributed by atoms with van der Waals surface area (Å²) in [6, 6.07) is 13.1. The first-order valence-electron chi connectivity index (χ1n) is 7.35. The molecule has 23 heavy (non-hydrogen) atoms. The SMILES string of the molecule is CC(=NNC(=O)COc1c(C)cccc1C)c1ccc(N)cc1. The molecule has 2 aromatic carbocycles. The second-order valence-corrected chi connectivity index (χ2v) is 5.36. The van der Waals surface area contributed by atoms with Crippen LogP contribution in [0.4, 0.5) is 5.69 Å². The fraction of sp³-hybridized carbons (Fsp3) is 0.222. The van der Waals surface area contributed by atoms with E-state index < -0.39 is 0 Å². The van der Waals surface area contributed by atoms with Gasteiger partial charge in [-0.3, -0.25) is 4.79 Å². The van der Waals surface area contributed by atoms with E-state index in [0.29, 0.717) is 11.4 Å². The molecule has 0 aliphatic carbocycles. The number of carbonyl (C=O) groups is 1. The van der Waals surface area contributed by atoms with Crippen molar-refractivity contribution < 1.29 is 9.53 Å². The molecule has 2 rings (SSSR count). The van der Waals surface area contributed by atoms with Crippen LogP contribution in [0.1, 0.15) is 23.6 Å². The molecule has 0 saturated heterocycles. The van der Waals surface area contributed by atoms with E-state index in [2.05, 4.69) is 10.5 Å². The van der Waals surface area contributed by atoms with Crippen LogP contribution in [0.15, 0.2) is 47.6 Å². The predicted molar refractivity (Wildman–Crippen MR) is 92.6 cm³/mol. The molecule has 0 fully saturated rings. The van der Waals surface area contributed by atoms with Gasteiger partial charge in [0.1, 0.15) is 5.75 Å². The average molecular weight is 311 g/mol. The quantitative estimate of drug-likeness (QED) is 0.506. The van der Waals surface area contributed by atoms with E-state index >= 15 is 0 Å². The van der Waals surface area contributed by atoms with Crippen LogP contribution in [0.5, 0.6) is 5.75 Å². The van der Waals surface area contributed by atoms with Crippen molar-refractivity contribution in [2.75, 3.05) is 12.3 Å². The number of nitrogen functional groups attached to an aromatic ring is 1. The molecule has 5 nitrogen and oxygen atoms in total. The topological polar surface area (TPSA) is 76.7 Å². The number of hydrazone groups is 1. The zero-order valence-corrected chi connectivity index (χ0v) is 13.6. The minimum atomic E-state index is -0.303. The van der Waals surface area contributed by atoms with Crippen molar-refractivity contribution >= 4 is 17.3 Å². The number of rotatable bonds is 5. The molecule has 1 amide bonds. The van der Waals surface area contributed by atoms with Crippen molar-refractivity contribution in [3.05, 3.63) is 59.2 Å². The molecule has 0 heterocycles. The molecule has 2 aromatic rings. The normalized spacial score (nSPS) is 11.2. The number of anilines is 1. The summed E-state index contributed by atoms with van der Waals surface area (Å²) in [5, 5.41) is 4.08. The van der Waals surface area contributed by atoms with Gasteiger partial charge >= 0.3 is 0 Å². The van der Waals surface area contributed by atoms with Crippen LogP contribution in [-0.4, -0.2) is 18.2 Å². The molecule has 0 saturated carbocycles. The first kappa shape index (κ1) is 16.5. The number of carbonyl (C=O) groups excluding carboxylic acids is 1. The van der Waals surface area contributed by atoms with E-state index in [1.54, 1.807) is 12.1 Å². The summed E-state index contributed by atoms with van der Waals surface area (Å²) in [5.74, 6) is 0.435. The Morgan fingerprint density at radius 2 is 1.74 bits per heavy atom. The molecular weight excluding hydrogens is 290 g/mol. The van der Waals surface area contributed by atoms with Gasteiger partial charge in [0.05, 0.1) is 5.71 Å². The van der Waals surface area contributed by atoms with Crippen molar-refractivity contribution in [2.24, 2.45) is 5.10 Å². The summed E-state index contributed by atoms with van der Waals surface area (Å²) < 4.78 is 5.59. The van der Waals surface area contributed by atoms with Crippen molar-refractivity contribution in [2.45, 2.75) is 20.8 Å². The molecule has 0 spiro atoms. The highest BCUT2D eigenvalue weighted by molar-refractivity contribution is 5.99. The largest absolute Gasteiger partial charge is 0.483 e. The summed E-state index contributed by atoms with van der Waals surface area (Å²) in [5.41, 5.74) is 12.4. The van der Waals surface area contributed by atoms with Gasteiger partial charge in [-0.15, -0.1) is 0 Å². The van der Waals surface area contributed by atoms with Gasteiger partial charge in [0.2, 0.25) is 0 Å². The molecule has 0 atom stereocenters. The smallest absolute Gasteiger partial charge is 0.277 e. The third kappa shape index (κ3) is 4.57. The molecule has 120 valence electrons. The first-order chi connectivity index (χ1) is 11.0. The second-order valence-electron chi connectivity index (χ2n) is 5.36. The predicted octanol–water partition coefficient (Wildman–Crippen LogP) is 2.80. The monoisotopic (exact) mass is 311 g/mol. The molecule has 0 radical (unpaired) electrons. The van der Waals surface area contributed by atoms with Gasteiger partial charge in [0.15, 0.2) is 6.61 Å². The third-order valence-electron chi connectivity index (χ3n) is 3.43. The Bertz CT molecular complexity index is 701. The average Bonchev–Trinajstić information content (AvgIpc) is 2.53.